The van der Waals surface area contributed by atoms with Crippen molar-refractivity contribution in [3.63, 3.8) is 0 Å². The number of aromatic nitrogens is 3. The zero-order chi connectivity index (χ0) is 19.6. The van der Waals surface area contributed by atoms with Gasteiger partial charge in [0.25, 0.3) is 0 Å². The molecule has 3 aromatic rings. The summed E-state index contributed by atoms with van der Waals surface area (Å²) >= 11 is 1.32. The molecule has 0 amide bonds. The van der Waals surface area contributed by atoms with Gasteiger partial charge in [-0.05, 0) is 37.6 Å². The number of halogens is 3. The van der Waals surface area contributed by atoms with Crippen LogP contribution < -0.4 is 0 Å². The fourth-order valence-corrected chi connectivity index (χ4v) is 3.31. The van der Waals surface area contributed by atoms with Crippen LogP contribution in [0.25, 0.3) is 11.3 Å². The number of nitrogens with zero attached hydrogens (tertiary/aromatic N) is 3. The van der Waals surface area contributed by atoms with E-state index in [1.807, 2.05) is 0 Å². The number of hydrogen-bond acceptors (Lipinski definition) is 5. The molecule has 0 unspecified atom stereocenters. The third-order valence-corrected chi connectivity index (χ3v) is 4.53. The Balaban J connectivity index is 1.80. The molecule has 0 spiro atoms. The van der Waals surface area contributed by atoms with Crippen molar-refractivity contribution in [2.24, 2.45) is 0 Å². The summed E-state index contributed by atoms with van der Waals surface area (Å²) in [5, 5.41) is 6.46. The second kappa shape index (κ2) is 7.51. The monoisotopic (exact) mass is 395 g/mol. The summed E-state index contributed by atoms with van der Waals surface area (Å²) in [6, 6.07) is 3.87. The lowest BCUT2D eigenvalue weighted by atomic mass is 10.0. The molecule has 0 atom stereocenters. The first kappa shape index (κ1) is 19.1. The first-order valence-electron chi connectivity index (χ1n) is 8.09. The van der Waals surface area contributed by atoms with Crippen LogP contribution in [0, 0.1) is 6.92 Å². The number of hydrogen-bond donors (Lipinski definition) is 0. The SMILES string of the molecule is CCOC(=O)c1cnn(Cc2nc(-c3cc(C)cc(C(F)(F)F)c3)cs2)c1. The molecule has 9 heteroatoms. The maximum Gasteiger partial charge on any atom is 0.416 e. The summed E-state index contributed by atoms with van der Waals surface area (Å²) < 4.78 is 45.5. The fraction of sp³-hybridized carbons (Fsp3) is 0.278. The van der Waals surface area contributed by atoms with Crippen LogP contribution in [-0.4, -0.2) is 27.3 Å². The molecule has 0 fully saturated rings. The summed E-state index contributed by atoms with van der Waals surface area (Å²) in [5.41, 5.74) is 1.04. The van der Waals surface area contributed by atoms with Gasteiger partial charge in [-0.25, -0.2) is 9.78 Å². The maximum atomic E-state index is 13.0. The molecular formula is C18H16F3N3O2S. The molecule has 142 valence electrons. The van der Waals surface area contributed by atoms with E-state index in [1.54, 1.807) is 31.5 Å². The van der Waals surface area contributed by atoms with Crippen molar-refractivity contribution < 1.29 is 22.7 Å². The topological polar surface area (TPSA) is 57.0 Å². The number of benzene rings is 1. The molecule has 0 bridgehead atoms. The van der Waals surface area contributed by atoms with Crippen LogP contribution in [0.3, 0.4) is 0 Å². The number of carbonyl (C=O) groups is 1. The highest BCUT2D eigenvalue weighted by Crippen LogP contribution is 2.33. The molecular weight excluding hydrogens is 379 g/mol. The van der Waals surface area contributed by atoms with Crippen molar-refractivity contribution in [1.29, 1.82) is 0 Å². The van der Waals surface area contributed by atoms with Crippen LogP contribution in [0.2, 0.25) is 0 Å². The molecule has 2 heterocycles. The number of carbonyl (C=O) groups excluding carboxylic acids is 1. The average molecular weight is 395 g/mol. The lowest BCUT2D eigenvalue weighted by molar-refractivity contribution is -0.137. The smallest absolute Gasteiger partial charge is 0.416 e. The molecule has 0 radical (unpaired) electrons. The van der Waals surface area contributed by atoms with Crippen molar-refractivity contribution in [2.75, 3.05) is 6.61 Å². The van der Waals surface area contributed by atoms with E-state index >= 15 is 0 Å². The number of rotatable bonds is 5. The quantitative estimate of drug-likeness (QED) is 0.595. The second-order valence-electron chi connectivity index (χ2n) is 5.86. The highest BCUT2D eigenvalue weighted by atomic mass is 32.1. The molecule has 5 nitrogen and oxygen atoms in total. The van der Waals surface area contributed by atoms with E-state index in [0.29, 0.717) is 33.9 Å². The summed E-state index contributed by atoms with van der Waals surface area (Å²) in [6.45, 7) is 3.92. The Hall–Kier alpha value is -2.68. The van der Waals surface area contributed by atoms with Crippen molar-refractivity contribution >= 4 is 17.3 Å². The van der Waals surface area contributed by atoms with Crippen LogP contribution in [-0.2, 0) is 17.5 Å². The minimum absolute atomic E-state index is 0.274. The molecule has 0 aliphatic heterocycles. The Labute approximate surface area is 157 Å². The standard InChI is InChI=1S/C18H16F3N3O2S/c1-3-26-17(25)13-7-22-24(8-13)9-16-23-15(10-27-16)12-4-11(2)5-14(6-12)18(19,20)21/h4-8,10H,3,9H2,1-2H3. The molecule has 0 saturated heterocycles. The van der Waals surface area contributed by atoms with Gasteiger partial charge in [-0.3, -0.25) is 4.68 Å². The summed E-state index contributed by atoms with van der Waals surface area (Å²) in [7, 11) is 0. The van der Waals surface area contributed by atoms with Gasteiger partial charge in [0, 0.05) is 17.1 Å². The maximum absolute atomic E-state index is 13.0. The zero-order valence-electron chi connectivity index (χ0n) is 14.6. The molecule has 3 rings (SSSR count). The van der Waals surface area contributed by atoms with Gasteiger partial charge in [-0.2, -0.15) is 18.3 Å². The van der Waals surface area contributed by atoms with E-state index < -0.39 is 17.7 Å². The first-order valence-corrected chi connectivity index (χ1v) is 8.97. The van der Waals surface area contributed by atoms with Gasteiger partial charge < -0.3 is 4.74 Å². The van der Waals surface area contributed by atoms with E-state index in [1.165, 1.54) is 22.2 Å². The van der Waals surface area contributed by atoms with Crippen LogP contribution in [0.5, 0.6) is 0 Å². The molecule has 27 heavy (non-hydrogen) atoms. The summed E-state index contributed by atoms with van der Waals surface area (Å²) in [5.74, 6) is -0.456. The summed E-state index contributed by atoms with van der Waals surface area (Å²) in [4.78, 5) is 16.1. The third kappa shape index (κ3) is 4.54. The van der Waals surface area contributed by atoms with E-state index in [4.69, 9.17) is 4.74 Å². The second-order valence-corrected chi connectivity index (χ2v) is 6.80. The van der Waals surface area contributed by atoms with Gasteiger partial charge in [-0.15, -0.1) is 11.3 Å². The predicted molar refractivity (Wildman–Crippen MR) is 94.6 cm³/mol. The van der Waals surface area contributed by atoms with E-state index in [-0.39, 0.29) is 6.61 Å². The zero-order valence-corrected chi connectivity index (χ0v) is 15.4. The lowest BCUT2D eigenvalue weighted by Crippen LogP contribution is -2.05. The van der Waals surface area contributed by atoms with Crippen molar-refractivity contribution in [3.8, 4) is 11.3 Å². The number of ether oxygens (including phenoxy) is 1. The van der Waals surface area contributed by atoms with Crippen LogP contribution in [0.15, 0.2) is 36.0 Å². The first-order chi connectivity index (χ1) is 12.8. The number of thiazole rings is 1. The Bertz CT molecular complexity index is 963. The Morgan fingerprint density at radius 3 is 2.78 bits per heavy atom. The molecule has 0 aliphatic rings. The van der Waals surface area contributed by atoms with Crippen molar-refractivity contribution in [3.05, 3.63) is 57.7 Å². The van der Waals surface area contributed by atoms with Crippen LogP contribution >= 0.6 is 11.3 Å². The Kier molecular flexibility index (Phi) is 5.31. The molecule has 0 saturated carbocycles. The van der Waals surface area contributed by atoms with Gasteiger partial charge in [0.2, 0.25) is 0 Å². The lowest BCUT2D eigenvalue weighted by Gasteiger charge is -2.09. The normalized spacial score (nSPS) is 11.6. The van der Waals surface area contributed by atoms with Crippen molar-refractivity contribution in [1.82, 2.24) is 14.8 Å². The Morgan fingerprint density at radius 1 is 1.30 bits per heavy atom. The van der Waals surface area contributed by atoms with Gasteiger partial charge >= 0.3 is 12.1 Å². The minimum Gasteiger partial charge on any atom is -0.462 e. The van der Waals surface area contributed by atoms with Gasteiger partial charge in [0.1, 0.15) is 5.01 Å². The third-order valence-electron chi connectivity index (χ3n) is 3.69. The van der Waals surface area contributed by atoms with Gasteiger partial charge in [0.05, 0.1) is 36.2 Å². The van der Waals surface area contributed by atoms with E-state index in [0.717, 1.165) is 12.1 Å². The van der Waals surface area contributed by atoms with Crippen LogP contribution in [0.4, 0.5) is 13.2 Å². The fourth-order valence-electron chi connectivity index (χ4n) is 2.52. The van der Waals surface area contributed by atoms with Crippen LogP contribution in [0.1, 0.15) is 33.4 Å². The molecule has 0 aliphatic carbocycles. The Morgan fingerprint density at radius 2 is 2.07 bits per heavy atom. The van der Waals surface area contributed by atoms with Gasteiger partial charge in [-0.1, -0.05) is 0 Å². The predicted octanol–water partition coefficient (Wildman–Crippen LogP) is 4.56. The largest absolute Gasteiger partial charge is 0.462 e. The average Bonchev–Trinajstić information content (AvgIpc) is 3.24. The van der Waals surface area contributed by atoms with Crippen molar-refractivity contribution in [2.45, 2.75) is 26.6 Å². The number of aryl methyl sites for hydroxylation is 1. The highest BCUT2D eigenvalue weighted by Gasteiger charge is 2.31. The molecule has 2 aromatic heterocycles. The molecule has 1 aromatic carbocycles. The highest BCUT2D eigenvalue weighted by molar-refractivity contribution is 7.09. The molecule has 0 N–H and O–H groups in total. The number of esters is 1. The summed E-state index contributed by atoms with van der Waals surface area (Å²) in [6.07, 6.45) is -1.45. The van der Waals surface area contributed by atoms with E-state index in [9.17, 15) is 18.0 Å². The van der Waals surface area contributed by atoms with Gasteiger partial charge in [0.15, 0.2) is 0 Å². The van der Waals surface area contributed by atoms with E-state index in [2.05, 4.69) is 10.1 Å². The minimum atomic E-state index is -4.40. The number of alkyl halides is 3.